The zero-order chi connectivity index (χ0) is 13.7. The summed E-state index contributed by atoms with van der Waals surface area (Å²) in [6.07, 6.45) is 5.28. The van der Waals surface area contributed by atoms with Crippen LogP contribution in [0.25, 0.3) is 0 Å². The number of hydrogen-bond acceptors (Lipinski definition) is 3. The number of amides is 2. The monoisotopic (exact) mass is 267 g/mol. The standard InChI is InChI=1S/C14H25N3O2/c1-12-6-3-2-4-10-17(12)14(19)13(18)16-9-5-7-15-8-11-16/h12,15H,2-11H2,1H3. The molecule has 0 saturated carbocycles. The number of nitrogens with one attached hydrogen (secondary N) is 1. The number of rotatable bonds is 0. The summed E-state index contributed by atoms with van der Waals surface area (Å²) < 4.78 is 0. The second kappa shape index (κ2) is 6.89. The average molecular weight is 267 g/mol. The Bertz CT molecular complexity index is 325. The number of hydrogen-bond donors (Lipinski definition) is 1. The first-order chi connectivity index (χ1) is 9.20. The first-order valence-electron chi connectivity index (χ1n) is 7.51. The Morgan fingerprint density at radius 3 is 2.63 bits per heavy atom. The topological polar surface area (TPSA) is 52.7 Å². The van der Waals surface area contributed by atoms with Gasteiger partial charge in [-0.25, -0.2) is 0 Å². The minimum absolute atomic E-state index is 0.198. The highest BCUT2D eigenvalue weighted by Gasteiger charge is 2.30. The molecular weight excluding hydrogens is 242 g/mol. The fraction of sp³-hybridized carbons (Fsp3) is 0.857. The molecule has 0 bridgehead atoms. The van der Waals surface area contributed by atoms with Crippen molar-refractivity contribution < 1.29 is 9.59 Å². The lowest BCUT2D eigenvalue weighted by Crippen LogP contribution is -2.49. The maximum absolute atomic E-state index is 12.4. The summed E-state index contributed by atoms with van der Waals surface area (Å²) in [7, 11) is 0. The maximum atomic E-state index is 12.4. The third-order valence-corrected chi connectivity index (χ3v) is 4.12. The molecule has 2 saturated heterocycles. The Morgan fingerprint density at radius 2 is 1.79 bits per heavy atom. The normalized spacial score (nSPS) is 25.6. The highest BCUT2D eigenvalue weighted by molar-refractivity contribution is 6.35. The van der Waals surface area contributed by atoms with Crippen LogP contribution in [-0.4, -0.2) is 60.4 Å². The number of carbonyl (C=O) groups is 2. The van der Waals surface area contributed by atoms with E-state index in [9.17, 15) is 9.59 Å². The van der Waals surface area contributed by atoms with E-state index in [0.717, 1.165) is 51.7 Å². The lowest BCUT2D eigenvalue weighted by atomic mass is 10.1. The lowest BCUT2D eigenvalue weighted by molar-refractivity contribution is -0.152. The van der Waals surface area contributed by atoms with Crippen molar-refractivity contribution in [2.24, 2.45) is 0 Å². The van der Waals surface area contributed by atoms with Gasteiger partial charge in [0.15, 0.2) is 0 Å². The SMILES string of the molecule is CC1CCCCCN1C(=O)C(=O)N1CCCNCC1. The fourth-order valence-corrected chi connectivity index (χ4v) is 2.88. The highest BCUT2D eigenvalue weighted by atomic mass is 16.2. The third kappa shape index (κ3) is 3.69. The molecule has 19 heavy (non-hydrogen) atoms. The molecule has 0 aromatic carbocycles. The lowest BCUT2D eigenvalue weighted by Gasteiger charge is -2.29. The first-order valence-corrected chi connectivity index (χ1v) is 7.51. The van der Waals surface area contributed by atoms with Crippen molar-refractivity contribution in [2.75, 3.05) is 32.7 Å². The summed E-state index contributed by atoms with van der Waals surface area (Å²) in [6, 6.07) is 0.198. The fourth-order valence-electron chi connectivity index (χ4n) is 2.88. The zero-order valence-electron chi connectivity index (χ0n) is 11.9. The van der Waals surface area contributed by atoms with Crippen LogP contribution in [0.4, 0.5) is 0 Å². The molecule has 0 aromatic rings. The minimum Gasteiger partial charge on any atom is -0.333 e. The average Bonchev–Trinajstić information content (AvgIpc) is 2.79. The Morgan fingerprint density at radius 1 is 0.947 bits per heavy atom. The van der Waals surface area contributed by atoms with E-state index >= 15 is 0 Å². The summed E-state index contributed by atoms with van der Waals surface area (Å²) >= 11 is 0. The van der Waals surface area contributed by atoms with E-state index in [1.807, 2.05) is 0 Å². The van der Waals surface area contributed by atoms with Gasteiger partial charge in [-0.15, -0.1) is 0 Å². The quantitative estimate of drug-likeness (QED) is 0.654. The second-order valence-corrected chi connectivity index (χ2v) is 5.59. The van der Waals surface area contributed by atoms with E-state index in [4.69, 9.17) is 0 Å². The summed E-state index contributed by atoms with van der Waals surface area (Å²) in [5.41, 5.74) is 0. The highest BCUT2D eigenvalue weighted by Crippen LogP contribution is 2.17. The number of carbonyl (C=O) groups excluding carboxylic acids is 2. The van der Waals surface area contributed by atoms with Gasteiger partial charge < -0.3 is 15.1 Å². The molecule has 2 fully saturated rings. The summed E-state index contributed by atoms with van der Waals surface area (Å²) in [5.74, 6) is -0.603. The molecule has 108 valence electrons. The molecule has 5 nitrogen and oxygen atoms in total. The van der Waals surface area contributed by atoms with Crippen molar-refractivity contribution in [2.45, 2.75) is 45.1 Å². The van der Waals surface area contributed by atoms with Crippen LogP contribution in [0, 0.1) is 0 Å². The Kier molecular flexibility index (Phi) is 5.19. The van der Waals surface area contributed by atoms with E-state index < -0.39 is 0 Å². The van der Waals surface area contributed by atoms with Gasteiger partial charge in [0, 0.05) is 32.2 Å². The van der Waals surface area contributed by atoms with Gasteiger partial charge >= 0.3 is 11.8 Å². The van der Waals surface area contributed by atoms with Crippen LogP contribution in [0.15, 0.2) is 0 Å². The van der Waals surface area contributed by atoms with Gasteiger partial charge in [0.1, 0.15) is 0 Å². The second-order valence-electron chi connectivity index (χ2n) is 5.59. The van der Waals surface area contributed by atoms with Crippen LogP contribution in [0.5, 0.6) is 0 Å². The molecule has 0 spiro atoms. The van der Waals surface area contributed by atoms with Gasteiger partial charge in [-0.05, 0) is 32.7 Å². The van der Waals surface area contributed by atoms with Gasteiger partial charge in [-0.3, -0.25) is 9.59 Å². The van der Waals surface area contributed by atoms with Crippen molar-refractivity contribution in [3.05, 3.63) is 0 Å². The van der Waals surface area contributed by atoms with Crippen LogP contribution < -0.4 is 5.32 Å². The summed E-state index contributed by atoms with van der Waals surface area (Å²) in [6.45, 7) is 5.84. The van der Waals surface area contributed by atoms with Gasteiger partial charge in [0.25, 0.3) is 0 Å². The van der Waals surface area contributed by atoms with Crippen LogP contribution in [0.3, 0.4) is 0 Å². The van der Waals surface area contributed by atoms with E-state index in [1.54, 1.807) is 9.80 Å². The molecule has 0 aromatic heterocycles. The molecule has 2 rings (SSSR count). The molecule has 1 atom stereocenters. The van der Waals surface area contributed by atoms with Crippen molar-refractivity contribution >= 4 is 11.8 Å². The molecule has 5 heteroatoms. The predicted molar refractivity (Wildman–Crippen MR) is 73.7 cm³/mol. The van der Waals surface area contributed by atoms with Crippen LogP contribution in [-0.2, 0) is 9.59 Å². The summed E-state index contributed by atoms with van der Waals surface area (Å²) in [4.78, 5) is 28.2. The Labute approximate surface area is 115 Å². The molecule has 0 radical (unpaired) electrons. The van der Waals surface area contributed by atoms with Crippen molar-refractivity contribution in [1.29, 1.82) is 0 Å². The van der Waals surface area contributed by atoms with Gasteiger partial charge in [-0.1, -0.05) is 12.8 Å². The van der Waals surface area contributed by atoms with Gasteiger partial charge in [-0.2, -0.15) is 0 Å². The van der Waals surface area contributed by atoms with Crippen molar-refractivity contribution in [3.63, 3.8) is 0 Å². The van der Waals surface area contributed by atoms with E-state index in [0.29, 0.717) is 13.1 Å². The maximum Gasteiger partial charge on any atom is 0.312 e. The molecular formula is C14H25N3O2. The molecule has 2 amide bonds. The molecule has 1 unspecified atom stereocenters. The van der Waals surface area contributed by atoms with E-state index in [1.165, 1.54) is 0 Å². The Balaban J connectivity index is 1.98. The van der Waals surface area contributed by atoms with Gasteiger partial charge in [0.2, 0.25) is 0 Å². The number of likely N-dealkylation sites (tertiary alicyclic amines) is 1. The van der Waals surface area contributed by atoms with E-state index in [2.05, 4.69) is 12.2 Å². The van der Waals surface area contributed by atoms with Gasteiger partial charge in [0.05, 0.1) is 0 Å². The largest absolute Gasteiger partial charge is 0.333 e. The van der Waals surface area contributed by atoms with Crippen LogP contribution in [0.2, 0.25) is 0 Å². The molecule has 1 N–H and O–H groups in total. The van der Waals surface area contributed by atoms with Crippen LogP contribution >= 0.6 is 0 Å². The first kappa shape index (κ1) is 14.3. The third-order valence-electron chi connectivity index (χ3n) is 4.12. The van der Waals surface area contributed by atoms with Crippen molar-refractivity contribution in [3.8, 4) is 0 Å². The van der Waals surface area contributed by atoms with Crippen LogP contribution in [0.1, 0.15) is 39.0 Å². The smallest absolute Gasteiger partial charge is 0.312 e. The minimum atomic E-state index is -0.308. The summed E-state index contributed by atoms with van der Waals surface area (Å²) in [5, 5.41) is 3.25. The Hall–Kier alpha value is -1.10. The predicted octanol–water partition coefficient (Wildman–Crippen LogP) is 0.599. The molecule has 2 aliphatic heterocycles. The molecule has 0 aliphatic carbocycles. The zero-order valence-corrected chi connectivity index (χ0v) is 11.9. The number of nitrogens with zero attached hydrogens (tertiary/aromatic N) is 2. The van der Waals surface area contributed by atoms with Crippen molar-refractivity contribution in [1.82, 2.24) is 15.1 Å². The molecule has 2 heterocycles. The van der Waals surface area contributed by atoms with E-state index in [-0.39, 0.29) is 17.9 Å². The molecule has 2 aliphatic rings.